The van der Waals surface area contributed by atoms with Gasteiger partial charge in [-0.2, -0.15) is 0 Å². The zero-order valence-electron chi connectivity index (χ0n) is 12.5. The molecule has 1 unspecified atom stereocenters. The smallest absolute Gasteiger partial charge is 0.164 e. The van der Waals surface area contributed by atoms with Crippen molar-refractivity contribution in [2.24, 2.45) is 5.41 Å². The molecule has 0 saturated heterocycles. The van der Waals surface area contributed by atoms with Crippen molar-refractivity contribution >= 4 is 21.7 Å². The molecular formula is C16H24BrNO. The third-order valence-electron chi connectivity index (χ3n) is 3.77. The minimum atomic E-state index is 0.209. The Kier molecular flexibility index (Phi) is 5.75. The number of halogens is 1. The summed E-state index contributed by atoms with van der Waals surface area (Å²) in [6.45, 7) is 9.69. The van der Waals surface area contributed by atoms with E-state index in [1.165, 1.54) is 0 Å². The van der Waals surface area contributed by atoms with Crippen LogP contribution in [0.3, 0.4) is 0 Å². The molecule has 0 spiro atoms. The van der Waals surface area contributed by atoms with Crippen LogP contribution in [-0.4, -0.2) is 30.3 Å². The Morgan fingerprint density at radius 1 is 1.26 bits per heavy atom. The summed E-state index contributed by atoms with van der Waals surface area (Å²) >= 11 is 3.38. The highest BCUT2D eigenvalue weighted by molar-refractivity contribution is 9.10. The van der Waals surface area contributed by atoms with Crippen LogP contribution in [0.4, 0.5) is 0 Å². The lowest BCUT2D eigenvalue weighted by atomic mass is 9.87. The lowest BCUT2D eigenvalue weighted by Gasteiger charge is -2.35. The van der Waals surface area contributed by atoms with Gasteiger partial charge < -0.3 is 4.90 Å². The van der Waals surface area contributed by atoms with Gasteiger partial charge in [-0.05, 0) is 31.5 Å². The van der Waals surface area contributed by atoms with Gasteiger partial charge in [-0.3, -0.25) is 4.79 Å². The summed E-state index contributed by atoms with van der Waals surface area (Å²) < 4.78 is 1.00. The summed E-state index contributed by atoms with van der Waals surface area (Å²) in [7, 11) is 2.09. The second-order valence-corrected chi connectivity index (χ2v) is 7.12. The molecule has 1 rings (SSSR count). The minimum absolute atomic E-state index is 0.209. The van der Waals surface area contributed by atoms with Crippen molar-refractivity contribution < 1.29 is 4.79 Å². The Morgan fingerprint density at radius 3 is 2.26 bits per heavy atom. The molecule has 0 radical (unpaired) electrons. The first-order valence-corrected chi connectivity index (χ1v) is 7.50. The summed E-state index contributed by atoms with van der Waals surface area (Å²) in [6.07, 6.45) is 0.568. The highest BCUT2D eigenvalue weighted by Gasteiger charge is 2.23. The van der Waals surface area contributed by atoms with Crippen LogP contribution in [0.5, 0.6) is 0 Å². The number of ketones is 1. The first-order valence-electron chi connectivity index (χ1n) is 6.71. The molecule has 0 aromatic heterocycles. The highest BCUT2D eigenvalue weighted by Crippen LogP contribution is 2.23. The van der Waals surface area contributed by atoms with Gasteiger partial charge in [0.1, 0.15) is 0 Å². The van der Waals surface area contributed by atoms with Crippen molar-refractivity contribution in [3.63, 3.8) is 0 Å². The van der Waals surface area contributed by atoms with E-state index >= 15 is 0 Å². The van der Waals surface area contributed by atoms with Gasteiger partial charge in [0.25, 0.3) is 0 Å². The van der Waals surface area contributed by atoms with Gasteiger partial charge in [0.2, 0.25) is 0 Å². The first kappa shape index (κ1) is 16.4. The fourth-order valence-electron chi connectivity index (χ4n) is 1.91. The second kappa shape index (κ2) is 6.67. The summed E-state index contributed by atoms with van der Waals surface area (Å²) in [4.78, 5) is 14.4. The molecule has 19 heavy (non-hydrogen) atoms. The van der Waals surface area contributed by atoms with Gasteiger partial charge in [0.05, 0.1) is 0 Å². The minimum Gasteiger partial charge on any atom is -0.303 e. The van der Waals surface area contributed by atoms with Gasteiger partial charge in [0, 0.05) is 29.0 Å². The average Bonchev–Trinajstić information content (AvgIpc) is 2.34. The maximum Gasteiger partial charge on any atom is 0.164 e. The predicted octanol–water partition coefficient (Wildman–Crippen LogP) is 4.39. The number of hydrogen-bond donors (Lipinski definition) is 0. The second-order valence-electron chi connectivity index (χ2n) is 6.20. The Bertz CT molecular complexity index is 419. The number of hydrogen-bond acceptors (Lipinski definition) is 2. The Balaban J connectivity index is 2.53. The Hall–Kier alpha value is -0.670. The Morgan fingerprint density at radius 2 is 1.79 bits per heavy atom. The summed E-state index contributed by atoms with van der Waals surface area (Å²) in [5.74, 6) is 0.209. The van der Waals surface area contributed by atoms with Crippen molar-refractivity contribution in [2.45, 2.75) is 40.2 Å². The average molecular weight is 326 g/mol. The number of benzene rings is 1. The topological polar surface area (TPSA) is 20.3 Å². The molecule has 0 heterocycles. The number of carbonyl (C=O) groups is 1. The molecule has 0 fully saturated rings. The molecule has 0 bridgehead atoms. The molecule has 0 aliphatic heterocycles. The van der Waals surface area contributed by atoms with Crippen molar-refractivity contribution in [1.29, 1.82) is 0 Å². The van der Waals surface area contributed by atoms with E-state index in [9.17, 15) is 4.79 Å². The quantitative estimate of drug-likeness (QED) is 0.748. The Labute approximate surface area is 125 Å². The fourth-order valence-corrected chi connectivity index (χ4v) is 2.18. The summed E-state index contributed by atoms with van der Waals surface area (Å²) in [6, 6.07) is 8.02. The predicted molar refractivity (Wildman–Crippen MR) is 84.6 cm³/mol. The number of rotatable bonds is 5. The van der Waals surface area contributed by atoms with E-state index in [1.807, 2.05) is 24.3 Å². The van der Waals surface area contributed by atoms with Crippen LogP contribution < -0.4 is 0 Å². The monoisotopic (exact) mass is 325 g/mol. The van der Waals surface area contributed by atoms with Gasteiger partial charge in [-0.25, -0.2) is 0 Å². The standard InChI is InChI=1S/C16H24BrNO/c1-12(16(2,3)4)18(5)11-10-15(19)13-6-8-14(17)9-7-13/h6-9,12H,10-11H2,1-5H3. The number of Topliss-reactive ketones (excluding diaryl/α,β-unsaturated/α-hetero) is 1. The van der Waals surface area contributed by atoms with Gasteiger partial charge in [-0.15, -0.1) is 0 Å². The van der Waals surface area contributed by atoms with Crippen molar-refractivity contribution in [2.75, 3.05) is 13.6 Å². The molecule has 1 atom stereocenters. The molecule has 0 aliphatic carbocycles. The van der Waals surface area contributed by atoms with E-state index in [4.69, 9.17) is 0 Å². The lowest BCUT2D eigenvalue weighted by Crippen LogP contribution is -2.40. The molecule has 106 valence electrons. The van der Waals surface area contributed by atoms with Crippen molar-refractivity contribution in [3.05, 3.63) is 34.3 Å². The maximum absolute atomic E-state index is 12.1. The molecule has 0 aliphatic rings. The fraction of sp³-hybridized carbons (Fsp3) is 0.562. The summed E-state index contributed by atoms with van der Waals surface area (Å²) in [5.41, 5.74) is 1.02. The molecule has 2 nitrogen and oxygen atoms in total. The number of carbonyl (C=O) groups excluding carboxylic acids is 1. The molecular weight excluding hydrogens is 302 g/mol. The SMILES string of the molecule is CC(N(C)CCC(=O)c1ccc(Br)cc1)C(C)(C)C. The normalized spacial score (nSPS) is 13.6. The molecule has 0 N–H and O–H groups in total. The van der Waals surface area contributed by atoms with Crippen LogP contribution in [0.25, 0.3) is 0 Å². The third-order valence-corrected chi connectivity index (χ3v) is 4.30. The first-order chi connectivity index (χ1) is 8.71. The van der Waals surface area contributed by atoms with E-state index < -0.39 is 0 Å². The van der Waals surface area contributed by atoms with Crippen LogP contribution in [-0.2, 0) is 0 Å². The molecule has 3 heteroatoms. The molecule has 1 aromatic carbocycles. The largest absolute Gasteiger partial charge is 0.303 e. The maximum atomic E-state index is 12.1. The van der Waals surface area contributed by atoms with Crippen LogP contribution in [0.15, 0.2) is 28.7 Å². The van der Waals surface area contributed by atoms with E-state index in [1.54, 1.807) is 0 Å². The van der Waals surface area contributed by atoms with Gasteiger partial charge in [-0.1, -0.05) is 48.8 Å². The highest BCUT2D eigenvalue weighted by atomic mass is 79.9. The summed E-state index contributed by atoms with van der Waals surface area (Å²) in [5, 5.41) is 0. The van der Waals surface area contributed by atoms with Crippen molar-refractivity contribution in [3.8, 4) is 0 Å². The van der Waals surface area contributed by atoms with Crippen LogP contribution >= 0.6 is 15.9 Å². The van der Waals surface area contributed by atoms with Gasteiger partial charge in [0.15, 0.2) is 5.78 Å². The van der Waals surface area contributed by atoms with E-state index in [0.29, 0.717) is 12.5 Å². The van der Waals surface area contributed by atoms with Gasteiger partial charge >= 0.3 is 0 Å². The molecule has 0 saturated carbocycles. The lowest BCUT2D eigenvalue weighted by molar-refractivity contribution is 0.0928. The zero-order valence-corrected chi connectivity index (χ0v) is 14.1. The van der Waals surface area contributed by atoms with E-state index in [-0.39, 0.29) is 11.2 Å². The zero-order chi connectivity index (χ0) is 14.6. The van der Waals surface area contributed by atoms with E-state index in [2.05, 4.69) is 55.6 Å². The van der Waals surface area contributed by atoms with Crippen molar-refractivity contribution in [1.82, 2.24) is 4.90 Å². The molecule has 1 aromatic rings. The van der Waals surface area contributed by atoms with Crippen LogP contribution in [0.1, 0.15) is 44.5 Å². The third kappa shape index (κ3) is 5.07. The molecule has 0 amide bonds. The number of nitrogens with zero attached hydrogens (tertiary/aromatic N) is 1. The van der Waals surface area contributed by atoms with Crippen LogP contribution in [0, 0.1) is 5.41 Å². The van der Waals surface area contributed by atoms with Crippen LogP contribution in [0.2, 0.25) is 0 Å². The van der Waals surface area contributed by atoms with E-state index in [0.717, 1.165) is 16.6 Å².